The molecular weight excluding hydrogens is 222 g/mol. The first kappa shape index (κ1) is 10.7. The lowest BCUT2D eigenvalue weighted by Gasteiger charge is -2.06. The first-order valence-electron chi connectivity index (χ1n) is 5.87. The van der Waals surface area contributed by atoms with Crippen molar-refractivity contribution in [2.45, 2.75) is 6.92 Å². The zero-order valence-electron chi connectivity index (χ0n) is 10.1. The van der Waals surface area contributed by atoms with Gasteiger partial charge < -0.3 is 0 Å². The van der Waals surface area contributed by atoms with E-state index >= 15 is 0 Å². The Labute approximate surface area is 106 Å². The summed E-state index contributed by atoms with van der Waals surface area (Å²) in [6.07, 6.45) is 3.56. The van der Waals surface area contributed by atoms with Crippen molar-refractivity contribution >= 4 is 0 Å². The van der Waals surface area contributed by atoms with Crippen LogP contribution >= 0.6 is 0 Å². The summed E-state index contributed by atoms with van der Waals surface area (Å²) >= 11 is 0. The molecule has 3 heteroatoms. The van der Waals surface area contributed by atoms with Crippen molar-refractivity contribution in [3.8, 4) is 16.9 Å². The van der Waals surface area contributed by atoms with Crippen LogP contribution < -0.4 is 0 Å². The first-order valence-corrected chi connectivity index (χ1v) is 5.87. The van der Waals surface area contributed by atoms with Crippen LogP contribution in [0, 0.1) is 6.92 Å². The molecule has 0 aliphatic rings. The van der Waals surface area contributed by atoms with Gasteiger partial charge in [-0.1, -0.05) is 30.3 Å². The number of pyridine rings is 1. The van der Waals surface area contributed by atoms with Gasteiger partial charge in [-0.25, -0.2) is 4.68 Å². The number of hydrogen-bond donors (Lipinski definition) is 0. The molecule has 3 rings (SSSR count). The summed E-state index contributed by atoms with van der Waals surface area (Å²) in [5.41, 5.74) is 4.29. The minimum absolute atomic E-state index is 1.01. The molecule has 0 spiro atoms. The van der Waals surface area contributed by atoms with Gasteiger partial charge in [0.25, 0.3) is 0 Å². The third kappa shape index (κ3) is 1.91. The molecule has 1 aromatic carbocycles. The Morgan fingerprint density at radius 3 is 2.39 bits per heavy atom. The molecule has 0 saturated carbocycles. The molecule has 0 amide bonds. The van der Waals surface area contributed by atoms with E-state index in [4.69, 9.17) is 0 Å². The van der Waals surface area contributed by atoms with Crippen LogP contribution in [0.25, 0.3) is 16.9 Å². The monoisotopic (exact) mass is 235 g/mol. The molecule has 0 saturated heterocycles. The quantitative estimate of drug-likeness (QED) is 0.682. The van der Waals surface area contributed by atoms with E-state index in [0.717, 1.165) is 22.6 Å². The zero-order valence-corrected chi connectivity index (χ0v) is 10.1. The lowest BCUT2D eigenvalue weighted by atomic mass is 10.1. The van der Waals surface area contributed by atoms with Crippen molar-refractivity contribution in [1.82, 2.24) is 14.8 Å². The van der Waals surface area contributed by atoms with Gasteiger partial charge >= 0.3 is 0 Å². The maximum atomic E-state index is 4.55. The Morgan fingerprint density at radius 2 is 1.67 bits per heavy atom. The fourth-order valence-corrected chi connectivity index (χ4v) is 2.00. The Kier molecular flexibility index (Phi) is 2.65. The van der Waals surface area contributed by atoms with Gasteiger partial charge in [-0.05, 0) is 25.1 Å². The van der Waals surface area contributed by atoms with Crippen molar-refractivity contribution in [3.63, 3.8) is 0 Å². The molecule has 0 radical (unpaired) electrons. The van der Waals surface area contributed by atoms with Crippen molar-refractivity contribution in [2.24, 2.45) is 0 Å². The summed E-state index contributed by atoms with van der Waals surface area (Å²) < 4.78 is 1.95. The van der Waals surface area contributed by atoms with E-state index in [9.17, 15) is 0 Å². The number of nitrogens with zero attached hydrogens (tertiary/aromatic N) is 3. The predicted molar refractivity (Wildman–Crippen MR) is 71.5 cm³/mol. The average molecular weight is 235 g/mol. The molecule has 88 valence electrons. The highest BCUT2D eigenvalue weighted by Crippen LogP contribution is 2.23. The highest BCUT2D eigenvalue weighted by Gasteiger charge is 2.08. The Morgan fingerprint density at radius 1 is 0.944 bits per heavy atom. The van der Waals surface area contributed by atoms with E-state index in [1.54, 1.807) is 12.4 Å². The topological polar surface area (TPSA) is 30.7 Å². The van der Waals surface area contributed by atoms with Gasteiger partial charge in [-0.15, -0.1) is 0 Å². The van der Waals surface area contributed by atoms with Gasteiger partial charge in [-0.2, -0.15) is 5.10 Å². The number of rotatable bonds is 2. The minimum atomic E-state index is 1.01. The van der Waals surface area contributed by atoms with Crippen LogP contribution in [0.3, 0.4) is 0 Å². The summed E-state index contributed by atoms with van der Waals surface area (Å²) in [6.45, 7) is 2.00. The van der Waals surface area contributed by atoms with Crippen LogP contribution in [0.1, 0.15) is 5.69 Å². The molecule has 18 heavy (non-hydrogen) atoms. The Bertz CT molecular complexity index is 585. The van der Waals surface area contributed by atoms with E-state index in [0.29, 0.717) is 0 Å². The third-order valence-electron chi connectivity index (χ3n) is 2.81. The smallest absolute Gasteiger partial charge is 0.0743 e. The minimum Gasteiger partial charge on any atom is -0.265 e. The van der Waals surface area contributed by atoms with E-state index in [1.807, 2.05) is 41.9 Å². The molecule has 0 aliphatic carbocycles. The first-order chi connectivity index (χ1) is 8.84. The van der Waals surface area contributed by atoms with Gasteiger partial charge in [-0.3, -0.25) is 4.98 Å². The Hall–Kier alpha value is -2.42. The van der Waals surface area contributed by atoms with Crippen molar-refractivity contribution in [2.75, 3.05) is 0 Å². The largest absolute Gasteiger partial charge is 0.265 e. The van der Waals surface area contributed by atoms with Crippen molar-refractivity contribution < 1.29 is 0 Å². The second-order valence-electron chi connectivity index (χ2n) is 4.15. The average Bonchev–Trinajstić information content (AvgIpc) is 2.83. The normalized spacial score (nSPS) is 10.5. The molecule has 0 N–H and O–H groups in total. The number of aromatic nitrogens is 3. The molecule has 3 aromatic rings. The maximum Gasteiger partial charge on any atom is 0.0743 e. The Balaban J connectivity index is 2.17. The van der Waals surface area contributed by atoms with Gasteiger partial charge in [0, 0.05) is 18.0 Å². The highest BCUT2D eigenvalue weighted by atomic mass is 15.3. The van der Waals surface area contributed by atoms with E-state index in [2.05, 4.69) is 28.3 Å². The molecule has 0 aliphatic heterocycles. The molecular formula is C15H13N3. The summed E-state index contributed by atoms with van der Waals surface area (Å²) in [4.78, 5) is 4.04. The molecule has 0 bridgehead atoms. The summed E-state index contributed by atoms with van der Waals surface area (Å²) in [7, 11) is 0. The second kappa shape index (κ2) is 4.45. The molecule has 0 fully saturated rings. The SMILES string of the molecule is Cc1cc(-c2ccccc2)n(-c2ccncc2)n1. The predicted octanol–water partition coefficient (Wildman–Crippen LogP) is 3.24. The standard InChI is InChI=1S/C15H13N3/c1-12-11-15(13-5-3-2-4-6-13)18(17-12)14-7-9-16-10-8-14/h2-11H,1H3. The van der Waals surface area contributed by atoms with E-state index in [-0.39, 0.29) is 0 Å². The van der Waals surface area contributed by atoms with Crippen LogP contribution in [0.15, 0.2) is 60.9 Å². The van der Waals surface area contributed by atoms with Crippen LogP contribution in [0.2, 0.25) is 0 Å². The molecule has 2 heterocycles. The van der Waals surface area contributed by atoms with Gasteiger partial charge in [0.1, 0.15) is 0 Å². The third-order valence-corrected chi connectivity index (χ3v) is 2.81. The molecule has 3 nitrogen and oxygen atoms in total. The number of aryl methyl sites for hydroxylation is 1. The van der Waals surface area contributed by atoms with Crippen LogP contribution in [-0.2, 0) is 0 Å². The number of benzene rings is 1. The van der Waals surface area contributed by atoms with E-state index < -0.39 is 0 Å². The fraction of sp³-hybridized carbons (Fsp3) is 0.0667. The lowest BCUT2D eigenvalue weighted by molar-refractivity contribution is 0.867. The highest BCUT2D eigenvalue weighted by molar-refractivity contribution is 5.62. The maximum absolute atomic E-state index is 4.55. The summed E-state index contributed by atoms with van der Waals surface area (Å²) in [5.74, 6) is 0. The van der Waals surface area contributed by atoms with E-state index in [1.165, 1.54) is 0 Å². The van der Waals surface area contributed by atoms with Crippen molar-refractivity contribution in [1.29, 1.82) is 0 Å². The second-order valence-corrected chi connectivity index (χ2v) is 4.15. The summed E-state index contributed by atoms with van der Waals surface area (Å²) in [6, 6.07) is 16.3. The van der Waals surface area contributed by atoms with Crippen LogP contribution in [0.5, 0.6) is 0 Å². The van der Waals surface area contributed by atoms with Gasteiger partial charge in [0.05, 0.1) is 17.1 Å². The van der Waals surface area contributed by atoms with Gasteiger partial charge in [0.15, 0.2) is 0 Å². The van der Waals surface area contributed by atoms with Crippen molar-refractivity contribution in [3.05, 3.63) is 66.6 Å². The van der Waals surface area contributed by atoms with Gasteiger partial charge in [0.2, 0.25) is 0 Å². The van der Waals surface area contributed by atoms with Crippen LogP contribution in [0.4, 0.5) is 0 Å². The molecule has 0 unspecified atom stereocenters. The zero-order chi connectivity index (χ0) is 12.4. The summed E-state index contributed by atoms with van der Waals surface area (Å²) in [5, 5.41) is 4.55. The number of hydrogen-bond acceptors (Lipinski definition) is 2. The molecule has 2 aromatic heterocycles. The van der Waals surface area contributed by atoms with Crippen LogP contribution in [-0.4, -0.2) is 14.8 Å². The molecule has 0 atom stereocenters. The lowest BCUT2D eigenvalue weighted by Crippen LogP contribution is -1.99. The fourth-order valence-electron chi connectivity index (χ4n) is 2.00.